The molecule has 0 saturated carbocycles. The van der Waals surface area contributed by atoms with E-state index in [0.717, 1.165) is 41.3 Å². The highest BCUT2D eigenvalue weighted by Gasteiger charge is 2.22. The van der Waals surface area contributed by atoms with Crippen molar-refractivity contribution < 1.29 is 14.3 Å². The molecule has 0 radical (unpaired) electrons. The summed E-state index contributed by atoms with van der Waals surface area (Å²) in [4.78, 5) is 17.6. The maximum Gasteiger partial charge on any atom is 0.360 e. The van der Waals surface area contributed by atoms with E-state index in [0.29, 0.717) is 24.9 Å². The van der Waals surface area contributed by atoms with Crippen LogP contribution in [0.25, 0.3) is 10.8 Å². The molecule has 3 rings (SSSR count). The fraction of sp³-hybridized carbons (Fsp3) is 0.360. The molecule has 0 bridgehead atoms. The van der Waals surface area contributed by atoms with Crippen LogP contribution < -0.4 is 4.74 Å². The molecule has 4 heteroatoms. The van der Waals surface area contributed by atoms with Crippen molar-refractivity contribution in [1.29, 1.82) is 0 Å². The fourth-order valence-corrected chi connectivity index (χ4v) is 3.24. The van der Waals surface area contributed by atoms with Crippen LogP contribution in [0.4, 0.5) is 0 Å². The normalized spacial score (nSPS) is 11.0. The Morgan fingerprint density at radius 3 is 2.38 bits per heavy atom. The number of nitrogens with zero attached hydrogens (tertiary/aromatic N) is 1. The van der Waals surface area contributed by atoms with Gasteiger partial charge in [-0.2, -0.15) is 0 Å². The molecule has 1 aromatic heterocycles. The van der Waals surface area contributed by atoms with Gasteiger partial charge in [-0.3, -0.25) is 0 Å². The molecule has 0 aliphatic rings. The van der Waals surface area contributed by atoms with Gasteiger partial charge in [0.15, 0.2) is 11.4 Å². The fourth-order valence-electron chi connectivity index (χ4n) is 3.24. The van der Waals surface area contributed by atoms with E-state index in [1.165, 1.54) is 0 Å². The molecule has 2 aromatic carbocycles. The van der Waals surface area contributed by atoms with Crippen molar-refractivity contribution in [2.24, 2.45) is 5.92 Å². The molecule has 0 spiro atoms. The van der Waals surface area contributed by atoms with Crippen LogP contribution in [0.1, 0.15) is 55.4 Å². The lowest BCUT2D eigenvalue weighted by molar-refractivity contribution is 0.0487. The number of pyridine rings is 1. The van der Waals surface area contributed by atoms with Crippen molar-refractivity contribution in [2.75, 3.05) is 6.61 Å². The second-order valence-corrected chi connectivity index (χ2v) is 7.64. The number of rotatable bonds is 9. The number of esters is 1. The van der Waals surface area contributed by atoms with Crippen molar-refractivity contribution in [3.8, 4) is 5.75 Å². The zero-order valence-electron chi connectivity index (χ0n) is 17.5. The van der Waals surface area contributed by atoms with Crippen LogP contribution in [0, 0.1) is 5.92 Å². The first-order valence-electron chi connectivity index (χ1n) is 10.4. The van der Waals surface area contributed by atoms with Crippen molar-refractivity contribution >= 4 is 16.7 Å². The minimum absolute atomic E-state index is 0.270. The third-order valence-corrected chi connectivity index (χ3v) is 4.70. The monoisotopic (exact) mass is 391 g/mol. The molecule has 0 aliphatic heterocycles. The second kappa shape index (κ2) is 10.1. The predicted octanol–water partition coefficient (Wildman–Crippen LogP) is 5.97. The minimum Gasteiger partial charge on any atom is -0.486 e. The summed E-state index contributed by atoms with van der Waals surface area (Å²) in [6.07, 6.45) is 2.58. The molecule has 29 heavy (non-hydrogen) atoms. The summed E-state index contributed by atoms with van der Waals surface area (Å²) in [6.45, 7) is 7.12. The Morgan fingerprint density at radius 1 is 1.00 bits per heavy atom. The summed E-state index contributed by atoms with van der Waals surface area (Å²) in [5.41, 5.74) is 2.21. The zero-order valence-corrected chi connectivity index (χ0v) is 17.5. The Bertz CT molecular complexity index is 951. The number of fused-ring (bicyclic) bond motifs is 1. The summed E-state index contributed by atoms with van der Waals surface area (Å²) in [5.74, 6) is 0.502. The molecule has 0 unspecified atom stereocenters. The van der Waals surface area contributed by atoms with Crippen LogP contribution in [-0.4, -0.2) is 17.6 Å². The van der Waals surface area contributed by atoms with Crippen LogP contribution in [0.15, 0.2) is 54.6 Å². The Balaban J connectivity index is 2.04. The number of hydrogen-bond acceptors (Lipinski definition) is 4. The van der Waals surface area contributed by atoms with Crippen LogP contribution in [0.2, 0.25) is 0 Å². The molecule has 4 nitrogen and oxygen atoms in total. The van der Waals surface area contributed by atoms with Crippen LogP contribution in [0.5, 0.6) is 5.75 Å². The molecule has 3 aromatic rings. The predicted molar refractivity (Wildman–Crippen MR) is 116 cm³/mol. The Hall–Kier alpha value is -2.88. The van der Waals surface area contributed by atoms with E-state index in [9.17, 15) is 4.79 Å². The molecule has 0 N–H and O–H groups in total. The van der Waals surface area contributed by atoms with Crippen molar-refractivity contribution in [1.82, 2.24) is 4.98 Å². The lowest BCUT2D eigenvalue weighted by Gasteiger charge is -2.17. The van der Waals surface area contributed by atoms with Gasteiger partial charge in [-0.25, -0.2) is 9.78 Å². The highest BCUT2D eigenvalue weighted by atomic mass is 16.5. The number of benzene rings is 2. The average molecular weight is 392 g/mol. The molecule has 152 valence electrons. The van der Waals surface area contributed by atoms with E-state index in [1.807, 2.05) is 54.6 Å². The van der Waals surface area contributed by atoms with Gasteiger partial charge in [-0.05, 0) is 24.3 Å². The Kier molecular flexibility index (Phi) is 7.23. The molecular formula is C25H29NO3. The summed E-state index contributed by atoms with van der Waals surface area (Å²) in [7, 11) is 0. The number of ether oxygens (including phenoxy) is 2. The smallest absolute Gasteiger partial charge is 0.360 e. The SMILES string of the molecule is CCCCOC(=O)c1nc(CC(C)C)c2ccccc2c1OCc1ccccc1. The number of hydrogen-bond donors (Lipinski definition) is 0. The Morgan fingerprint density at radius 2 is 1.69 bits per heavy atom. The van der Waals surface area contributed by atoms with Crippen molar-refractivity contribution in [3.05, 3.63) is 71.5 Å². The van der Waals surface area contributed by atoms with Gasteiger partial charge in [0.05, 0.1) is 6.61 Å². The van der Waals surface area contributed by atoms with Gasteiger partial charge in [0, 0.05) is 16.5 Å². The summed E-state index contributed by atoms with van der Waals surface area (Å²) >= 11 is 0. The van der Waals surface area contributed by atoms with Crippen molar-refractivity contribution in [2.45, 2.75) is 46.6 Å². The summed E-state index contributed by atoms with van der Waals surface area (Å²) in [6, 6.07) is 17.9. The molecule has 0 atom stereocenters. The highest BCUT2D eigenvalue weighted by molar-refractivity contribution is 6.00. The van der Waals surface area contributed by atoms with E-state index in [1.54, 1.807) is 0 Å². The number of carbonyl (C=O) groups excluding carboxylic acids is 1. The largest absolute Gasteiger partial charge is 0.486 e. The van der Waals surface area contributed by atoms with Gasteiger partial charge >= 0.3 is 5.97 Å². The molecule has 0 saturated heterocycles. The average Bonchev–Trinajstić information content (AvgIpc) is 2.73. The second-order valence-electron chi connectivity index (χ2n) is 7.64. The van der Waals surface area contributed by atoms with E-state index >= 15 is 0 Å². The standard InChI is InChI=1S/C25H29NO3/c1-4-5-15-28-25(27)23-24(29-17-19-11-7-6-8-12-19)21-14-10-9-13-20(21)22(26-23)16-18(2)3/h6-14,18H,4-5,15-17H2,1-3H3. The van der Waals surface area contributed by atoms with Gasteiger partial charge in [0.2, 0.25) is 0 Å². The number of aromatic nitrogens is 1. The summed E-state index contributed by atoms with van der Waals surface area (Å²) < 4.78 is 11.6. The van der Waals surface area contributed by atoms with Crippen LogP contribution in [-0.2, 0) is 17.8 Å². The molecule has 0 fully saturated rings. The number of carbonyl (C=O) groups is 1. The molecule has 0 amide bonds. The first-order valence-corrected chi connectivity index (χ1v) is 10.4. The Labute approximate surface area is 172 Å². The van der Waals surface area contributed by atoms with E-state index < -0.39 is 5.97 Å². The quantitative estimate of drug-likeness (QED) is 0.333. The van der Waals surface area contributed by atoms with Crippen LogP contribution in [0.3, 0.4) is 0 Å². The van der Waals surface area contributed by atoms with E-state index in [-0.39, 0.29) is 5.69 Å². The van der Waals surface area contributed by atoms with Gasteiger partial charge < -0.3 is 9.47 Å². The molecule has 1 heterocycles. The molecular weight excluding hydrogens is 362 g/mol. The summed E-state index contributed by atoms with van der Waals surface area (Å²) in [5, 5.41) is 1.92. The zero-order chi connectivity index (χ0) is 20.6. The minimum atomic E-state index is -0.419. The van der Waals surface area contributed by atoms with Crippen LogP contribution >= 0.6 is 0 Å². The highest BCUT2D eigenvalue weighted by Crippen LogP contribution is 2.33. The number of unbranched alkanes of at least 4 members (excludes halogenated alkanes) is 1. The first-order chi connectivity index (χ1) is 14.1. The topological polar surface area (TPSA) is 48.4 Å². The lowest BCUT2D eigenvalue weighted by atomic mass is 10.0. The maximum absolute atomic E-state index is 12.9. The maximum atomic E-state index is 12.9. The van der Waals surface area contributed by atoms with Gasteiger partial charge in [0.25, 0.3) is 0 Å². The van der Waals surface area contributed by atoms with Crippen molar-refractivity contribution in [3.63, 3.8) is 0 Å². The van der Waals surface area contributed by atoms with E-state index in [4.69, 9.17) is 14.5 Å². The molecule has 0 aliphatic carbocycles. The third-order valence-electron chi connectivity index (χ3n) is 4.70. The lowest BCUT2D eigenvalue weighted by Crippen LogP contribution is -2.14. The van der Waals surface area contributed by atoms with Gasteiger partial charge in [-0.15, -0.1) is 0 Å². The van der Waals surface area contributed by atoms with Gasteiger partial charge in [0.1, 0.15) is 6.61 Å². The first kappa shape index (κ1) is 20.8. The third kappa shape index (κ3) is 5.35. The van der Waals surface area contributed by atoms with Gasteiger partial charge in [-0.1, -0.05) is 81.8 Å². The van der Waals surface area contributed by atoms with E-state index in [2.05, 4.69) is 20.8 Å².